The molecule has 2 aromatic rings. The monoisotopic (exact) mass is 440 g/mol. The first-order chi connectivity index (χ1) is 16.2. The summed E-state index contributed by atoms with van der Waals surface area (Å²) in [6.07, 6.45) is 1.22. The number of rotatable bonds is 4. The van der Waals surface area contributed by atoms with E-state index in [1.807, 2.05) is 60.7 Å². The Kier molecular flexibility index (Phi) is 3.95. The molecule has 2 aromatic carbocycles. The third kappa shape index (κ3) is 2.63. The maximum absolute atomic E-state index is 12.3. The van der Waals surface area contributed by atoms with E-state index in [-0.39, 0.29) is 12.1 Å². The normalized spacial score (nSPS) is 37.9. The van der Waals surface area contributed by atoms with E-state index < -0.39 is 0 Å². The van der Waals surface area contributed by atoms with Gasteiger partial charge in [0.1, 0.15) is 0 Å². The van der Waals surface area contributed by atoms with Crippen molar-refractivity contribution in [2.75, 3.05) is 10.6 Å². The van der Waals surface area contributed by atoms with Gasteiger partial charge in [0.15, 0.2) is 0 Å². The van der Waals surface area contributed by atoms with Crippen molar-refractivity contribution in [1.82, 2.24) is 10.9 Å². The van der Waals surface area contributed by atoms with Crippen molar-refractivity contribution in [1.29, 1.82) is 0 Å². The largest absolute Gasteiger partial charge is 0.339 e. The SMILES string of the molecule is O=C(N/N=C1/[C@@H]2[C@H]3C[C@H]4[C@@H]2/C(=N/NC(=O)Nc2ccccc2)[C@@H]2[C@@H]1[C@@H]3[C@@H]42)Nc1ccccc1. The van der Waals surface area contributed by atoms with E-state index in [0.29, 0.717) is 47.3 Å². The summed E-state index contributed by atoms with van der Waals surface area (Å²) in [7, 11) is 0. The van der Waals surface area contributed by atoms with Crippen LogP contribution in [0.5, 0.6) is 0 Å². The van der Waals surface area contributed by atoms with Crippen molar-refractivity contribution in [2.24, 2.45) is 57.5 Å². The smallest absolute Gasteiger partial charge is 0.307 e. The lowest BCUT2D eigenvalue weighted by atomic mass is 9.59. The first-order valence-corrected chi connectivity index (χ1v) is 11.6. The van der Waals surface area contributed by atoms with Gasteiger partial charge >= 0.3 is 12.1 Å². The standard InChI is InChI=1S/C25H24N6O2/c32-24(26-12-7-3-1-4-8-12)30-28-22-18-14-11-15-17-16(14)20(22)21(17)23(19(15)18)29-31-25(33)27-13-9-5-2-6-10-13/h1-10,14-21H,11H2,(H2,26,30,32)(H2,27,31,33)/b28-22-,29-23-/t14-,15+,16-,17+,18+,19-,20-,21-/m0/s1. The molecule has 2 bridgehead atoms. The zero-order chi connectivity index (χ0) is 22.1. The zero-order valence-corrected chi connectivity index (χ0v) is 17.8. The Morgan fingerprint density at radius 1 is 0.636 bits per heavy atom. The second-order valence-corrected chi connectivity index (χ2v) is 9.76. The molecule has 5 aliphatic carbocycles. The minimum atomic E-state index is -0.319. The summed E-state index contributed by atoms with van der Waals surface area (Å²) in [6, 6.07) is 18.1. The quantitative estimate of drug-likeness (QED) is 0.544. The molecular weight excluding hydrogens is 416 g/mol. The highest BCUT2D eigenvalue weighted by atomic mass is 16.2. The van der Waals surface area contributed by atoms with E-state index in [4.69, 9.17) is 0 Å². The molecule has 4 N–H and O–H groups in total. The molecule has 33 heavy (non-hydrogen) atoms. The van der Waals surface area contributed by atoms with Crippen molar-refractivity contribution in [3.8, 4) is 0 Å². The lowest BCUT2D eigenvalue weighted by Crippen LogP contribution is -2.49. The summed E-state index contributed by atoms with van der Waals surface area (Å²) in [5.74, 6) is 4.02. The summed E-state index contributed by atoms with van der Waals surface area (Å²) >= 11 is 0. The van der Waals surface area contributed by atoms with Gasteiger partial charge in [-0.2, -0.15) is 10.2 Å². The predicted octanol–water partition coefficient (Wildman–Crippen LogP) is 3.73. The number of nitrogens with one attached hydrogen (secondary N) is 4. The lowest BCUT2D eigenvalue weighted by molar-refractivity contribution is 0.0654. The molecule has 166 valence electrons. The third-order valence-electron chi connectivity index (χ3n) is 8.51. The Morgan fingerprint density at radius 2 is 1.06 bits per heavy atom. The topological polar surface area (TPSA) is 107 Å². The predicted molar refractivity (Wildman–Crippen MR) is 125 cm³/mol. The van der Waals surface area contributed by atoms with E-state index in [2.05, 4.69) is 31.7 Å². The van der Waals surface area contributed by atoms with Gasteiger partial charge in [-0.3, -0.25) is 0 Å². The van der Waals surface area contributed by atoms with Crippen LogP contribution in [0, 0.1) is 47.3 Å². The number of carbonyl (C=O) groups excluding carboxylic acids is 2. The molecule has 0 unspecified atom stereocenters. The van der Waals surface area contributed by atoms with Crippen LogP contribution >= 0.6 is 0 Å². The summed E-state index contributed by atoms with van der Waals surface area (Å²) in [5, 5.41) is 14.9. The number of hydrogen-bond donors (Lipinski definition) is 4. The minimum absolute atomic E-state index is 0.319. The van der Waals surface area contributed by atoms with Gasteiger partial charge < -0.3 is 10.6 Å². The molecule has 0 heterocycles. The Hall–Kier alpha value is -3.68. The first kappa shape index (κ1) is 18.8. The Bertz CT molecular complexity index is 1100. The highest BCUT2D eigenvalue weighted by Crippen LogP contribution is 2.80. The molecule has 8 nitrogen and oxygen atoms in total. The number of hydrogen-bond acceptors (Lipinski definition) is 4. The second kappa shape index (κ2) is 6.91. The van der Waals surface area contributed by atoms with Gasteiger partial charge in [0.05, 0.1) is 0 Å². The average Bonchev–Trinajstić information content (AvgIpc) is 3.36. The number of benzene rings is 2. The van der Waals surface area contributed by atoms with Crippen molar-refractivity contribution < 1.29 is 9.59 Å². The summed E-state index contributed by atoms with van der Waals surface area (Å²) in [4.78, 5) is 24.7. The molecule has 5 fully saturated rings. The number of fused-ring (bicyclic) bond motifs is 2. The third-order valence-corrected chi connectivity index (χ3v) is 8.51. The summed E-state index contributed by atoms with van der Waals surface area (Å²) in [5.41, 5.74) is 9.23. The number of para-hydroxylation sites is 2. The number of amides is 4. The van der Waals surface area contributed by atoms with Crippen molar-refractivity contribution >= 4 is 34.9 Å². The van der Waals surface area contributed by atoms with Gasteiger partial charge in [0.2, 0.25) is 0 Å². The summed E-state index contributed by atoms with van der Waals surface area (Å²) in [6.45, 7) is 0. The molecule has 0 aliphatic heterocycles. The molecule has 7 rings (SSSR count). The number of nitrogens with zero attached hydrogens (tertiary/aromatic N) is 2. The van der Waals surface area contributed by atoms with Crippen molar-refractivity contribution in [3.63, 3.8) is 0 Å². The van der Waals surface area contributed by atoms with Crippen LogP contribution in [-0.2, 0) is 0 Å². The Balaban J connectivity index is 1.07. The first-order valence-electron chi connectivity index (χ1n) is 11.6. The van der Waals surface area contributed by atoms with E-state index in [9.17, 15) is 9.59 Å². The highest BCUT2D eigenvalue weighted by Gasteiger charge is 2.82. The number of urea groups is 2. The van der Waals surface area contributed by atoms with Gasteiger partial charge in [-0.25, -0.2) is 20.4 Å². The molecule has 8 heteroatoms. The van der Waals surface area contributed by atoms with Crippen molar-refractivity contribution in [2.45, 2.75) is 6.42 Å². The zero-order valence-electron chi connectivity index (χ0n) is 17.8. The molecule has 5 aliphatic rings. The fraction of sp³-hybridized carbons (Fsp3) is 0.360. The highest BCUT2D eigenvalue weighted by molar-refractivity contribution is 6.11. The molecule has 0 saturated heterocycles. The van der Waals surface area contributed by atoms with Crippen LogP contribution in [0.4, 0.5) is 21.0 Å². The number of carbonyl (C=O) groups is 2. The van der Waals surface area contributed by atoms with Crippen molar-refractivity contribution in [3.05, 3.63) is 60.7 Å². The lowest BCUT2D eigenvalue weighted by Gasteiger charge is -2.44. The molecule has 8 atom stereocenters. The van der Waals surface area contributed by atoms with Gasteiger partial charge in [0, 0.05) is 46.5 Å². The molecule has 0 aromatic heterocycles. The van der Waals surface area contributed by atoms with Gasteiger partial charge in [0.25, 0.3) is 0 Å². The van der Waals surface area contributed by atoms with E-state index >= 15 is 0 Å². The van der Waals surface area contributed by atoms with Gasteiger partial charge in [-0.1, -0.05) is 36.4 Å². The average molecular weight is 441 g/mol. The van der Waals surface area contributed by atoms with E-state index in [0.717, 1.165) is 22.8 Å². The van der Waals surface area contributed by atoms with Crippen LogP contribution < -0.4 is 21.5 Å². The fourth-order valence-corrected chi connectivity index (χ4v) is 7.75. The van der Waals surface area contributed by atoms with Crippen LogP contribution in [0.2, 0.25) is 0 Å². The minimum Gasteiger partial charge on any atom is -0.307 e. The number of hydrazone groups is 2. The van der Waals surface area contributed by atoms with Crippen LogP contribution in [-0.4, -0.2) is 23.5 Å². The molecule has 4 amide bonds. The molecule has 5 saturated carbocycles. The number of anilines is 2. The molecule has 0 radical (unpaired) electrons. The van der Waals surface area contributed by atoms with Crippen LogP contribution in [0.25, 0.3) is 0 Å². The molecule has 0 spiro atoms. The van der Waals surface area contributed by atoms with Gasteiger partial charge in [-0.15, -0.1) is 0 Å². The van der Waals surface area contributed by atoms with Crippen LogP contribution in [0.1, 0.15) is 6.42 Å². The van der Waals surface area contributed by atoms with Crippen LogP contribution in [0.15, 0.2) is 70.9 Å². The Labute approximate surface area is 190 Å². The van der Waals surface area contributed by atoms with Gasteiger partial charge in [-0.05, 0) is 54.4 Å². The fourth-order valence-electron chi connectivity index (χ4n) is 7.75. The second-order valence-electron chi connectivity index (χ2n) is 9.76. The maximum Gasteiger partial charge on any atom is 0.339 e. The van der Waals surface area contributed by atoms with Crippen LogP contribution in [0.3, 0.4) is 0 Å². The van der Waals surface area contributed by atoms with E-state index in [1.54, 1.807) is 0 Å². The van der Waals surface area contributed by atoms with E-state index in [1.165, 1.54) is 6.42 Å². The Morgan fingerprint density at radius 3 is 1.48 bits per heavy atom. The summed E-state index contributed by atoms with van der Waals surface area (Å²) < 4.78 is 0. The maximum atomic E-state index is 12.3. The molecular formula is C25H24N6O2.